The molecule has 1 aliphatic rings. The predicted octanol–water partition coefficient (Wildman–Crippen LogP) is 2.42. The quantitative estimate of drug-likeness (QED) is 0.712. The fourth-order valence-corrected chi connectivity index (χ4v) is 3.86. The van der Waals surface area contributed by atoms with Gasteiger partial charge in [-0.15, -0.1) is 24.8 Å². The van der Waals surface area contributed by atoms with Crippen LogP contribution in [0.25, 0.3) is 11.0 Å². The van der Waals surface area contributed by atoms with Crippen molar-refractivity contribution in [3.05, 3.63) is 38.2 Å². The molecule has 1 unspecified atom stereocenters. The number of H-pyrrole nitrogens is 1. The summed E-state index contributed by atoms with van der Waals surface area (Å²) >= 11 is 0. The van der Waals surface area contributed by atoms with Gasteiger partial charge in [-0.25, -0.2) is 9.78 Å². The number of amides is 1. The Balaban J connectivity index is 0.00000225. The lowest BCUT2D eigenvalue weighted by Crippen LogP contribution is -2.47. The number of piperidine rings is 1. The van der Waals surface area contributed by atoms with Gasteiger partial charge < -0.3 is 10.6 Å². The third-order valence-electron chi connectivity index (χ3n) is 5.40. The van der Waals surface area contributed by atoms with Crippen LogP contribution in [0.3, 0.4) is 0 Å². The molecule has 1 amide bonds. The van der Waals surface area contributed by atoms with Crippen molar-refractivity contribution in [1.29, 1.82) is 0 Å². The van der Waals surface area contributed by atoms with Crippen molar-refractivity contribution in [1.82, 2.24) is 19.4 Å². The number of aryl methyl sites for hydroxylation is 1. The molecule has 10 heteroatoms. The highest BCUT2D eigenvalue weighted by Crippen LogP contribution is 2.24. The fraction of sp³-hybridized carbons (Fsp3) is 0.600. The molecule has 0 saturated carbocycles. The molecule has 1 fully saturated rings. The number of aromatic amines is 1. The molecule has 0 radical (unpaired) electrons. The van der Waals surface area contributed by atoms with Crippen LogP contribution >= 0.6 is 24.8 Å². The van der Waals surface area contributed by atoms with Crippen LogP contribution in [0.15, 0.2) is 15.7 Å². The molecule has 2 aromatic heterocycles. The van der Waals surface area contributed by atoms with Gasteiger partial charge in [0.1, 0.15) is 0 Å². The van der Waals surface area contributed by atoms with E-state index in [4.69, 9.17) is 5.73 Å². The van der Waals surface area contributed by atoms with Crippen LogP contribution in [0.4, 0.5) is 0 Å². The number of carbonyl (C=O) groups excluding carboxylic acids is 1. The monoisotopic (exact) mass is 459 g/mol. The summed E-state index contributed by atoms with van der Waals surface area (Å²) < 4.78 is 1.45. The molecule has 1 saturated heterocycles. The lowest BCUT2D eigenvalue weighted by atomic mass is 9.99. The zero-order valence-corrected chi connectivity index (χ0v) is 19.3. The minimum atomic E-state index is -0.570. The molecular formula is C20H31Cl2N5O3. The number of aromatic nitrogens is 3. The summed E-state index contributed by atoms with van der Waals surface area (Å²) in [6.07, 6.45) is 3.52. The van der Waals surface area contributed by atoms with Gasteiger partial charge in [-0.2, -0.15) is 0 Å². The summed E-state index contributed by atoms with van der Waals surface area (Å²) in [5.74, 6) is -0.163. The Labute approximate surface area is 188 Å². The van der Waals surface area contributed by atoms with E-state index in [1.165, 1.54) is 4.57 Å². The second-order valence-electron chi connectivity index (χ2n) is 7.74. The molecule has 8 nitrogen and oxygen atoms in total. The molecule has 168 valence electrons. The van der Waals surface area contributed by atoms with Gasteiger partial charge >= 0.3 is 5.69 Å². The molecular weight excluding hydrogens is 429 g/mol. The number of nitrogens with two attached hydrogens (primary N) is 1. The van der Waals surface area contributed by atoms with Crippen LogP contribution in [-0.2, 0) is 6.54 Å². The minimum absolute atomic E-state index is 0. The zero-order valence-electron chi connectivity index (χ0n) is 17.6. The maximum Gasteiger partial charge on any atom is 0.329 e. The van der Waals surface area contributed by atoms with Crippen LogP contribution in [0, 0.1) is 0 Å². The minimum Gasteiger partial charge on any atom is -0.334 e. The van der Waals surface area contributed by atoms with Crippen molar-refractivity contribution >= 4 is 41.8 Å². The van der Waals surface area contributed by atoms with Crippen molar-refractivity contribution in [3.8, 4) is 0 Å². The molecule has 0 bridgehead atoms. The van der Waals surface area contributed by atoms with Gasteiger partial charge in [0.2, 0.25) is 0 Å². The number of hydrogen-bond acceptors (Lipinski definition) is 5. The average Bonchev–Trinajstić information content (AvgIpc) is 2.69. The van der Waals surface area contributed by atoms with Gasteiger partial charge in [0, 0.05) is 31.4 Å². The van der Waals surface area contributed by atoms with Crippen LogP contribution < -0.4 is 17.0 Å². The predicted molar refractivity (Wildman–Crippen MR) is 123 cm³/mol. The van der Waals surface area contributed by atoms with Crippen LogP contribution in [0.2, 0.25) is 0 Å². The Bertz CT molecular complexity index is 1000. The van der Waals surface area contributed by atoms with Crippen molar-refractivity contribution in [2.24, 2.45) is 5.73 Å². The standard InChI is InChI=1S/C20H29N5O3.2ClH/c1-4-8-25-17-16(18(26)23-20(25)28)14(10-15(22-17)12(2)3)19(27)24-9-6-5-7-13(24)11-21;;/h10,12-13H,4-9,11,21H2,1-3H3,(H,23,26,28);2*1H. The molecule has 30 heavy (non-hydrogen) atoms. The Morgan fingerprint density at radius 1 is 1.30 bits per heavy atom. The number of hydrogen-bond donors (Lipinski definition) is 2. The first-order chi connectivity index (χ1) is 13.4. The highest BCUT2D eigenvalue weighted by atomic mass is 35.5. The van der Waals surface area contributed by atoms with Crippen LogP contribution in [0.5, 0.6) is 0 Å². The van der Waals surface area contributed by atoms with Crippen molar-refractivity contribution in [2.45, 2.75) is 65.0 Å². The van der Waals surface area contributed by atoms with Gasteiger partial charge in [-0.3, -0.25) is 19.1 Å². The molecule has 1 atom stereocenters. The molecule has 3 rings (SSSR count). The summed E-state index contributed by atoms with van der Waals surface area (Å²) in [6.45, 7) is 7.32. The highest BCUT2D eigenvalue weighted by molar-refractivity contribution is 6.05. The van der Waals surface area contributed by atoms with Gasteiger partial charge in [0.05, 0.1) is 10.9 Å². The Morgan fingerprint density at radius 3 is 2.60 bits per heavy atom. The van der Waals surface area contributed by atoms with Gasteiger partial charge in [-0.1, -0.05) is 20.8 Å². The average molecular weight is 460 g/mol. The van der Waals surface area contributed by atoms with Crippen LogP contribution in [0.1, 0.15) is 68.4 Å². The SMILES string of the molecule is CCCn1c(=O)[nH]c(=O)c2c(C(=O)N3CCCCC3CN)cc(C(C)C)nc21.Cl.Cl. The summed E-state index contributed by atoms with van der Waals surface area (Å²) in [7, 11) is 0. The molecule has 3 heterocycles. The summed E-state index contributed by atoms with van der Waals surface area (Å²) in [4.78, 5) is 47.2. The second kappa shape index (κ2) is 10.9. The molecule has 0 aliphatic carbocycles. The van der Waals surface area contributed by atoms with Crippen LogP contribution in [-0.4, -0.2) is 44.5 Å². The number of likely N-dealkylation sites (tertiary alicyclic amines) is 1. The largest absolute Gasteiger partial charge is 0.334 e. The Kier molecular flexibility index (Phi) is 9.52. The van der Waals surface area contributed by atoms with E-state index in [0.717, 1.165) is 19.3 Å². The first-order valence-corrected chi connectivity index (χ1v) is 10.1. The van der Waals surface area contributed by atoms with Crippen molar-refractivity contribution in [3.63, 3.8) is 0 Å². The van der Waals surface area contributed by atoms with E-state index >= 15 is 0 Å². The zero-order chi connectivity index (χ0) is 20.4. The number of nitrogens with one attached hydrogen (secondary N) is 1. The third kappa shape index (κ3) is 4.87. The number of fused-ring (bicyclic) bond motifs is 1. The van der Waals surface area contributed by atoms with Gasteiger partial charge in [-0.05, 0) is 37.7 Å². The third-order valence-corrected chi connectivity index (χ3v) is 5.40. The maximum atomic E-state index is 13.5. The van der Waals surface area contributed by atoms with Crippen molar-refractivity contribution in [2.75, 3.05) is 13.1 Å². The van der Waals surface area contributed by atoms with E-state index < -0.39 is 11.2 Å². The molecule has 3 N–H and O–H groups in total. The number of nitrogens with zero attached hydrogens (tertiary/aromatic N) is 3. The number of pyridine rings is 1. The number of halogens is 2. The first-order valence-electron chi connectivity index (χ1n) is 10.1. The van der Waals surface area contributed by atoms with E-state index in [0.29, 0.717) is 37.3 Å². The van der Waals surface area contributed by atoms with E-state index in [1.807, 2.05) is 20.8 Å². The van der Waals surface area contributed by atoms with Crippen molar-refractivity contribution < 1.29 is 4.79 Å². The highest BCUT2D eigenvalue weighted by Gasteiger charge is 2.29. The number of rotatable bonds is 5. The Morgan fingerprint density at radius 2 is 2.00 bits per heavy atom. The topological polar surface area (TPSA) is 114 Å². The molecule has 2 aromatic rings. The summed E-state index contributed by atoms with van der Waals surface area (Å²) in [6, 6.07) is 1.67. The normalized spacial score (nSPS) is 16.3. The van der Waals surface area contributed by atoms with E-state index in [9.17, 15) is 14.4 Å². The molecule has 0 aromatic carbocycles. The van der Waals surface area contributed by atoms with E-state index in [-0.39, 0.29) is 53.7 Å². The second-order valence-corrected chi connectivity index (χ2v) is 7.74. The smallest absolute Gasteiger partial charge is 0.329 e. The summed E-state index contributed by atoms with van der Waals surface area (Å²) in [5.41, 5.74) is 6.10. The molecule has 0 spiro atoms. The maximum absolute atomic E-state index is 13.5. The van der Waals surface area contributed by atoms with E-state index in [2.05, 4.69) is 9.97 Å². The lowest BCUT2D eigenvalue weighted by Gasteiger charge is -2.35. The number of carbonyl (C=O) groups is 1. The van der Waals surface area contributed by atoms with E-state index in [1.54, 1.807) is 11.0 Å². The van der Waals surface area contributed by atoms with Gasteiger partial charge in [0.15, 0.2) is 5.65 Å². The molecule has 1 aliphatic heterocycles. The van der Waals surface area contributed by atoms with Gasteiger partial charge in [0.25, 0.3) is 11.5 Å². The first kappa shape index (κ1) is 26.1. The Hall–Kier alpha value is -1.90. The lowest BCUT2D eigenvalue weighted by molar-refractivity contribution is 0.0625. The summed E-state index contributed by atoms with van der Waals surface area (Å²) in [5, 5.41) is 0.184. The fourth-order valence-electron chi connectivity index (χ4n) is 3.86.